The van der Waals surface area contributed by atoms with Crippen LogP contribution in [0.25, 0.3) is 0 Å². The molecule has 1 aliphatic rings. The molecule has 0 bridgehead atoms. The van der Waals surface area contributed by atoms with Gasteiger partial charge in [0.05, 0.1) is 36.0 Å². The van der Waals surface area contributed by atoms with E-state index in [4.69, 9.17) is 9.47 Å². The van der Waals surface area contributed by atoms with Gasteiger partial charge in [0.15, 0.2) is 9.84 Å². The number of nitrogens with one attached hydrogen (secondary N) is 2. The van der Waals surface area contributed by atoms with E-state index >= 15 is 0 Å². The maximum Gasteiger partial charge on any atom is 0.338 e. The Kier molecular flexibility index (Phi) is 6.88. The average molecular weight is 459 g/mol. The van der Waals surface area contributed by atoms with Crippen molar-refractivity contribution in [2.45, 2.75) is 31.7 Å². The second-order valence-electron chi connectivity index (χ2n) is 7.43. The fraction of sp³-hybridized carbons (Fsp3) is 0.304. The average Bonchev–Trinajstić information content (AvgIpc) is 2.75. The zero-order valence-electron chi connectivity index (χ0n) is 18.4. The number of methoxy groups -OCH3 is 1. The third kappa shape index (κ3) is 4.94. The van der Waals surface area contributed by atoms with Crippen LogP contribution in [0.1, 0.15) is 29.7 Å². The molecule has 2 aromatic rings. The zero-order chi connectivity index (χ0) is 23.5. The van der Waals surface area contributed by atoms with E-state index in [0.717, 1.165) is 11.1 Å². The van der Waals surface area contributed by atoms with Crippen LogP contribution in [0.2, 0.25) is 0 Å². The number of esters is 1. The van der Waals surface area contributed by atoms with Crippen molar-refractivity contribution in [1.82, 2.24) is 10.6 Å². The van der Waals surface area contributed by atoms with Gasteiger partial charge in [0.25, 0.3) is 0 Å². The molecule has 170 valence electrons. The number of sulfone groups is 1. The molecule has 1 heterocycles. The van der Waals surface area contributed by atoms with Crippen LogP contribution in [0.4, 0.5) is 4.79 Å². The molecule has 0 aliphatic carbocycles. The molecule has 2 N–H and O–H groups in total. The number of carbonyl (C=O) groups is 2. The van der Waals surface area contributed by atoms with E-state index in [1.54, 1.807) is 43.3 Å². The van der Waals surface area contributed by atoms with Gasteiger partial charge in [-0.3, -0.25) is 0 Å². The number of ether oxygens (including phenoxy) is 2. The van der Waals surface area contributed by atoms with Crippen LogP contribution in [-0.2, 0) is 19.4 Å². The number of urea groups is 1. The van der Waals surface area contributed by atoms with E-state index in [-0.39, 0.29) is 22.8 Å². The first kappa shape index (κ1) is 23.3. The molecule has 2 amide bonds. The summed E-state index contributed by atoms with van der Waals surface area (Å²) in [4.78, 5) is 25.4. The number of amides is 2. The summed E-state index contributed by atoms with van der Waals surface area (Å²) in [7, 11) is -2.35. The zero-order valence-corrected chi connectivity index (χ0v) is 19.2. The molecular formula is C23H26N2O6S. The number of hydrogen-bond acceptors (Lipinski definition) is 6. The minimum absolute atomic E-state index is 0.0155. The summed E-state index contributed by atoms with van der Waals surface area (Å²) in [6, 6.07) is 10.1. The maximum absolute atomic E-state index is 13.2. The number of benzene rings is 2. The van der Waals surface area contributed by atoms with Gasteiger partial charge in [-0.25, -0.2) is 18.0 Å². The molecule has 0 radical (unpaired) electrons. The van der Waals surface area contributed by atoms with Gasteiger partial charge in [-0.2, -0.15) is 0 Å². The minimum Gasteiger partial charge on any atom is -0.497 e. The van der Waals surface area contributed by atoms with Crippen LogP contribution >= 0.6 is 0 Å². The molecule has 2 aromatic carbocycles. The van der Waals surface area contributed by atoms with E-state index in [1.165, 1.54) is 13.2 Å². The number of aryl methyl sites for hydroxylation is 2. The Hall–Kier alpha value is -3.33. The van der Waals surface area contributed by atoms with Gasteiger partial charge in [0.1, 0.15) is 5.75 Å². The van der Waals surface area contributed by atoms with Crippen LogP contribution in [-0.4, -0.2) is 39.9 Å². The molecule has 0 saturated heterocycles. The highest BCUT2D eigenvalue weighted by atomic mass is 32.2. The third-order valence-electron chi connectivity index (χ3n) is 5.25. The number of hydrogen-bond donors (Lipinski definition) is 2. The summed E-state index contributed by atoms with van der Waals surface area (Å²) >= 11 is 0. The summed E-state index contributed by atoms with van der Waals surface area (Å²) < 4.78 is 36.8. The molecule has 9 heteroatoms. The highest BCUT2D eigenvalue weighted by molar-refractivity contribution is 7.91. The van der Waals surface area contributed by atoms with Crippen molar-refractivity contribution in [1.29, 1.82) is 0 Å². The van der Waals surface area contributed by atoms with Crippen molar-refractivity contribution in [3.05, 3.63) is 70.4 Å². The Bertz CT molecular complexity index is 1190. The Morgan fingerprint density at radius 1 is 1.09 bits per heavy atom. The van der Waals surface area contributed by atoms with E-state index < -0.39 is 33.6 Å². The van der Waals surface area contributed by atoms with Crippen molar-refractivity contribution in [3.8, 4) is 5.75 Å². The highest BCUT2D eigenvalue weighted by Crippen LogP contribution is 2.31. The summed E-state index contributed by atoms with van der Waals surface area (Å²) in [6.45, 7) is 5.46. The van der Waals surface area contributed by atoms with Gasteiger partial charge in [0.2, 0.25) is 0 Å². The molecule has 0 saturated carbocycles. The Labute approximate surface area is 187 Å². The lowest BCUT2D eigenvalue weighted by Gasteiger charge is -2.29. The Balaban J connectivity index is 2.11. The maximum atomic E-state index is 13.2. The SMILES string of the molecule is CCOC(=O)C1=C(CS(=O)(=O)c2ccc(C)c(C)c2)NC(=O)N[C@@H]1c1cccc(OC)c1. The van der Waals surface area contributed by atoms with Crippen LogP contribution in [0.5, 0.6) is 5.75 Å². The predicted octanol–water partition coefficient (Wildman–Crippen LogP) is 2.96. The van der Waals surface area contributed by atoms with Gasteiger partial charge >= 0.3 is 12.0 Å². The normalized spacial score (nSPS) is 16.2. The monoisotopic (exact) mass is 458 g/mol. The van der Waals surface area contributed by atoms with E-state index in [1.807, 2.05) is 13.8 Å². The molecule has 0 fully saturated rings. The van der Waals surface area contributed by atoms with Crippen LogP contribution in [0.3, 0.4) is 0 Å². The summed E-state index contributed by atoms with van der Waals surface area (Å²) in [5, 5.41) is 5.19. The molecule has 8 nitrogen and oxygen atoms in total. The smallest absolute Gasteiger partial charge is 0.338 e. The van der Waals surface area contributed by atoms with Gasteiger partial charge < -0.3 is 20.1 Å². The van der Waals surface area contributed by atoms with Gasteiger partial charge in [-0.05, 0) is 61.7 Å². The standard InChI is InChI=1S/C23H26N2O6S/c1-5-31-22(26)20-19(13-32(28,29)18-10-9-14(2)15(3)11-18)24-23(27)25-21(20)16-7-6-8-17(12-16)30-4/h6-12,21H,5,13H2,1-4H3,(H2,24,25,27)/t21-/m1/s1. The van der Waals surface area contributed by atoms with Crippen molar-refractivity contribution < 1.29 is 27.5 Å². The summed E-state index contributed by atoms with van der Waals surface area (Å²) in [5.74, 6) is -0.738. The lowest BCUT2D eigenvalue weighted by Crippen LogP contribution is -2.47. The van der Waals surface area contributed by atoms with E-state index in [0.29, 0.717) is 11.3 Å². The van der Waals surface area contributed by atoms with Crippen LogP contribution in [0.15, 0.2) is 58.6 Å². The lowest BCUT2D eigenvalue weighted by atomic mass is 9.95. The summed E-state index contributed by atoms with van der Waals surface area (Å²) in [6.07, 6.45) is 0. The number of rotatable bonds is 7. The topological polar surface area (TPSA) is 111 Å². The highest BCUT2D eigenvalue weighted by Gasteiger charge is 2.36. The predicted molar refractivity (Wildman–Crippen MR) is 119 cm³/mol. The molecule has 1 atom stereocenters. The quantitative estimate of drug-likeness (QED) is 0.617. The van der Waals surface area contributed by atoms with E-state index in [2.05, 4.69) is 10.6 Å². The third-order valence-corrected chi connectivity index (χ3v) is 6.89. The van der Waals surface area contributed by atoms with Gasteiger partial charge in [-0.15, -0.1) is 0 Å². The fourth-order valence-corrected chi connectivity index (χ4v) is 4.84. The molecular weight excluding hydrogens is 432 g/mol. The minimum atomic E-state index is -3.86. The van der Waals surface area contributed by atoms with Gasteiger partial charge in [-0.1, -0.05) is 18.2 Å². The lowest BCUT2D eigenvalue weighted by molar-refractivity contribution is -0.139. The molecule has 0 unspecified atom stereocenters. The largest absolute Gasteiger partial charge is 0.497 e. The summed E-state index contributed by atoms with van der Waals surface area (Å²) in [5.41, 5.74) is 2.37. The second kappa shape index (κ2) is 9.44. The molecule has 32 heavy (non-hydrogen) atoms. The van der Waals surface area contributed by atoms with Crippen LogP contribution < -0.4 is 15.4 Å². The van der Waals surface area contributed by atoms with Gasteiger partial charge in [0, 0.05) is 5.70 Å². The van der Waals surface area contributed by atoms with Crippen molar-refractivity contribution in [2.75, 3.05) is 19.5 Å². The van der Waals surface area contributed by atoms with Crippen molar-refractivity contribution in [2.24, 2.45) is 0 Å². The molecule has 0 aromatic heterocycles. The van der Waals surface area contributed by atoms with Crippen molar-refractivity contribution >= 4 is 21.8 Å². The molecule has 3 rings (SSSR count). The van der Waals surface area contributed by atoms with E-state index in [9.17, 15) is 18.0 Å². The first-order chi connectivity index (χ1) is 15.2. The second-order valence-corrected chi connectivity index (χ2v) is 9.42. The first-order valence-corrected chi connectivity index (χ1v) is 11.7. The fourth-order valence-electron chi connectivity index (χ4n) is 3.43. The molecule has 0 spiro atoms. The number of carbonyl (C=O) groups excluding carboxylic acids is 2. The Morgan fingerprint density at radius 2 is 1.84 bits per heavy atom. The molecule has 1 aliphatic heterocycles. The van der Waals surface area contributed by atoms with Crippen LogP contribution in [0, 0.1) is 13.8 Å². The van der Waals surface area contributed by atoms with Crippen molar-refractivity contribution in [3.63, 3.8) is 0 Å². The first-order valence-electron chi connectivity index (χ1n) is 10.1. The Morgan fingerprint density at radius 3 is 2.50 bits per heavy atom.